The lowest BCUT2D eigenvalue weighted by Gasteiger charge is -2.25. The van der Waals surface area contributed by atoms with Crippen LogP contribution in [0.5, 0.6) is 5.75 Å². The zero-order chi connectivity index (χ0) is 21.6. The summed E-state index contributed by atoms with van der Waals surface area (Å²) < 4.78 is 47.3. The predicted molar refractivity (Wildman–Crippen MR) is 114 cm³/mol. The second-order valence-corrected chi connectivity index (χ2v) is 8.13. The number of sulfonamides is 1. The third-order valence-electron chi connectivity index (χ3n) is 4.40. The van der Waals surface area contributed by atoms with Gasteiger partial charge in [-0.15, -0.1) is 0 Å². The van der Waals surface area contributed by atoms with Gasteiger partial charge in [0.2, 0.25) is 0 Å². The first-order valence-corrected chi connectivity index (χ1v) is 10.6. The minimum absolute atomic E-state index is 0.00470. The Morgan fingerprint density at radius 1 is 1.07 bits per heavy atom. The third kappa shape index (κ3) is 4.67. The summed E-state index contributed by atoms with van der Waals surface area (Å²) in [6.07, 6.45) is 6.39. The number of methoxy groups -OCH3 is 1. The molecule has 0 atom stereocenters. The van der Waals surface area contributed by atoms with E-state index < -0.39 is 22.4 Å². The summed E-state index contributed by atoms with van der Waals surface area (Å²) in [7, 11) is -2.57. The molecule has 0 unspecified atom stereocenters. The number of aromatic nitrogens is 1. The van der Waals surface area contributed by atoms with Gasteiger partial charge in [-0.3, -0.25) is 9.29 Å². The van der Waals surface area contributed by atoms with Gasteiger partial charge >= 0.3 is 0 Å². The van der Waals surface area contributed by atoms with Gasteiger partial charge in [0.05, 0.1) is 30.8 Å². The van der Waals surface area contributed by atoms with E-state index in [4.69, 9.17) is 4.74 Å². The Morgan fingerprint density at radius 2 is 1.77 bits per heavy atom. The maximum absolute atomic E-state index is 14.7. The standard InChI is InChI=1S/C22H21FN2O4S/c1-29-18-6-8-19(9-7-18)30(27,28)25(15-16-26)22-4-2-3-21(23)20(22)10-5-17-11-13-24-14-12-17/h2-14,26H,15-16H2,1H3. The first kappa shape index (κ1) is 21.5. The molecule has 0 aliphatic carbocycles. The number of hydrogen-bond donors (Lipinski definition) is 1. The molecule has 8 heteroatoms. The van der Waals surface area contributed by atoms with Gasteiger partial charge in [-0.1, -0.05) is 12.1 Å². The summed E-state index contributed by atoms with van der Waals surface area (Å²) in [6, 6.07) is 13.6. The molecule has 0 radical (unpaired) electrons. The number of anilines is 1. The van der Waals surface area contributed by atoms with Crippen LogP contribution in [0.15, 0.2) is 71.9 Å². The van der Waals surface area contributed by atoms with Gasteiger partial charge in [0.15, 0.2) is 0 Å². The molecule has 0 aliphatic rings. The number of benzene rings is 2. The molecule has 30 heavy (non-hydrogen) atoms. The highest BCUT2D eigenvalue weighted by molar-refractivity contribution is 7.92. The number of hydrogen-bond acceptors (Lipinski definition) is 5. The van der Waals surface area contributed by atoms with Crippen LogP contribution in [-0.2, 0) is 10.0 Å². The fraction of sp³-hybridized carbons (Fsp3) is 0.136. The number of aliphatic hydroxyl groups excluding tert-OH is 1. The average molecular weight is 428 g/mol. The van der Waals surface area contributed by atoms with E-state index in [1.807, 2.05) is 0 Å². The summed E-state index contributed by atoms with van der Waals surface area (Å²) in [6.45, 7) is -0.659. The summed E-state index contributed by atoms with van der Waals surface area (Å²) in [4.78, 5) is 3.94. The van der Waals surface area contributed by atoms with Crippen LogP contribution in [0.25, 0.3) is 12.2 Å². The molecule has 0 fully saturated rings. The smallest absolute Gasteiger partial charge is 0.264 e. The van der Waals surface area contributed by atoms with Crippen molar-refractivity contribution in [2.24, 2.45) is 0 Å². The molecular formula is C22H21FN2O4S. The molecule has 0 bridgehead atoms. The molecule has 0 saturated carbocycles. The van der Waals surface area contributed by atoms with Crippen LogP contribution in [0.4, 0.5) is 10.1 Å². The first-order valence-electron chi connectivity index (χ1n) is 9.11. The Balaban J connectivity index is 2.07. The van der Waals surface area contributed by atoms with Crippen LogP contribution in [0.3, 0.4) is 0 Å². The van der Waals surface area contributed by atoms with Gasteiger partial charge in [-0.2, -0.15) is 0 Å². The molecule has 156 valence electrons. The summed E-state index contributed by atoms with van der Waals surface area (Å²) >= 11 is 0. The van der Waals surface area contributed by atoms with Crippen molar-refractivity contribution in [3.8, 4) is 5.75 Å². The Labute approximate surface area is 174 Å². The van der Waals surface area contributed by atoms with Crippen molar-refractivity contribution in [3.63, 3.8) is 0 Å². The molecule has 3 rings (SSSR count). The van der Waals surface area contributed by atoms with E-state index in [1.165, 1.54) is 55.7 Å². The van der Waals surface area contributed by atoms with Crippen molar-refractivity contribution in [1.82, 2.24) is 4.98 Å². The van der Waals surface area contributed by atoms with Crippen LogP contribution in [0.2, 0.25) is 0 Å². The van der Waals surface area contributed by atoms with E-state index in [1.54, 1.807) is 30.6 Å². The minimum Gasteiger partial charge on any atom is -0.497 e. The summed E-state index contributed by atoms with van der Waals surface area (Å²) in [5.41, 5.74) is 1.01. The van der Waals surface area contributed by atoms with Crippen LogP contribution in [0, 0.1) is 5.82 Å². The quantitative estimate of drug-likeness (QED) is 0.593. The molecule has 6 nitrogen and oxygen atoms in total. The summed E-state index contributed by atoms with van der Waals surface area (Å²) in [5.74, 6) is -0.0694. The lowest BCUT2D eigenvalue weighted by Crippen LogP contribution is -2.34. The number of halogens is 1. The zero-order valence-corrected chi connectivity index (χ0v) is 17.1. The highest BCUT2D eigenvalue weighted by Gasteiger charge is 2.27. The third-order valence-corrected chi connectivity index (χ3v) is 6.23. The van der Waals surface area contributed by atoms with E-state index in [0.29, 0.717) is 5.75 Å². The maximum atomic E-state index is 14.7. The topological polar surface area (TPSA) is 79.7 Å². The zero-order valence-electron chi connectivity index (χ0n) is 16.3. The molecule has 1 N–H and O–H groups in total. The fourth-order valence-electron chi connectivity index (χ4n) is 2.90. The van der Waals surface area contributed by atoms with Crippen molar-refractivity contribution in [2.45, 2.75) is 4.90 Å². The van der Waals surface area contributed by atoms with Crippen molar-refractivity contribution in [3.05, 3.63) is 83.9 Å². The fourth-order valence-corrected chi connectivity index (χ4v) is 4.37. The van der Waals surface area contributed by atoms with Gasteiger partial charge in [0.1, 0.15) is 11.6 Å². The van der Waals surface area contributed by atoms with Gasteiger partial charge in [0.25, 0.3) is 10.0 Å². The van der Waals surface area contributed by atoms with E-state index in [0.717, 1.165) is 9.87 Å². The van der Waals surface area contributed by atoms with E-state index in [-0.39, 0.29) is 22.7 Å². The van der Waals surface area contributed by atoms with Crippen LogP contribution >= 0.6 is 0 Å². The van der Waals surface area contributed by atoms with Gasteiger partial charge in [-0.25, -0.2) is 12.8 Å². The van der Waals surface area contributed by atoms with Crippen LogP contribution < -0.4 is 9.04 Å². The Kier molecular flexibility index (Phi) is 6.81. The van der Waals surface area contributed by atoms with Crippen molar-refractivity contribution in [2.75, 3.05) is 24.6 Å². The Bertz CT molecular complexity index is 1120. The first-order chi connectivity index (χ1) is 14.5. The van der Waals surface area contributed by atoms with Crippen LogP contribution in [-0.4, -0.2) is 38.8 Å². The normalized spacial score (nSPS) is 11.6. The number of nitrogens with zero attached hydrogens (tertiary/aromatic N) is 2. The number of ether oxygens (including phenoxy) is 1. The van der Waals surface area contributed by atoms with Gasteiger partial charge in [0, 0.05) is 18.0 Å². The summed E-state index contributed by atoms with van der Waals surface area (Å²) in [5, 5.41) is 9.51. The molecule has 0 aliphatic heterocycles. The molecule has 0 amide bonds. The second-order valence-electron chi connectivity index (χ2n) is 6.26. The van der Waals surface area contributed by atoms with Crippen molar-refractivity contribution in [1.29, 1.82) is 0 Å². The highest BCUT2D eigenvalue weighted by Crippen LogP contribution is 2.30. The molecule has 1 heterocycles. The molecule has 1 aromatic heterocycles. The average Bonchev–Trinajstić information content (AvgIpc) is 2.77. The van der Waals surface area contributed by atoms with E-state index in [9.17, 15) is 17.9 Å². The van der Waals surface area contributed by atoms with Gasteiger partial charge < -0.3 is 9.84 Å². The molecule has 0 spiro atoms. The van der Waals surface area contributed by atoms with E-state index in [2.05, 4.69) is 4.98 Å². The number of rotatable bonds is 8. The van der Waals surface area contributed by atoms with Crippen LogP contribution in [0.1, 0.15) is 11.1 Å². The minimum atomic E-state index is -4.06. The van der Waals surface area contributed by atoms with Crippen molar-refractivity contribution >= 4 is 27.9 Å². The predicted octanol–water partition coefficient (Wildman–Crippen LogP) is 3.59. The van der Waals surface area contributed by atoms with Gasteiger partial charge in [-0.05, 0) is 60.2 Å². The Morgan fingerprint density at radius 3 is 2.40 bits per heavy atom. The molecular weight excluding hydrogens is 407 g/mol. The maximum Gasteiger partial charge on any atom is 0.264 e. The second kappa shape index (κ2) is 9.51. The highest BCUT2D eigenvalue weighted by atomic mass is 32.2. The number of pyridine rings is 1. The lowest BCUT2D eigenvalue weighted by atomic mass is 10.1. The lowest BCUT2D eigenvalue weighted by molar-refractivity contribution is 0.306. The molecule has 0 saturated heterocycles. The van der Waals surface area contributed by atoms with E-state index >= 15 is 0 Å². The van der Waals surface area contributed by atoms with Crippen molar-refractivity contribution < 1.29 is 22.7 Å². The Hall–Kier alpha value is -3.23. The molecule has 2 aromatic carbocycles. The monoisotopic (exact) mass is 428 g/mol. The SMILES string of the molecule is COc1ccc(S(=O)(=O)N(CCO)c2cccc(F)c2C=Cc2ccncc2)cc1. The molecule has 3 aromatic rings. The largest absolute Gasteiger partial charge is 0.497 e. The number of aliphatic hydroxyl groups is 1.